The van der Waals surface area contributed by atoms with Crippen molar-refractivity contribution in [2.45, 2.75) is 0 Å². The topological polar surface area (TPSA) is 37.4 Å². The van der Waals surface area contributed by atoms with Gasteiger partial charge in [-0.2, -0.15) is 0 Å². The van der Waals surface area contributed by atoms with Gasteiger partial charge in [-0.3, -0.25) is 9.59 Å². The van der Waals surface area contributed by atoms with E-state index in [1.807, 2.05) is 30.3 Å². The fraction of sp³-hybridized carbons (Fsp3) is 0. The summed E-state index contributed by atoms with van der Waals surface area (Å²) in [7, 11) is 0. The van der Waals surface area contributed by atoms with Crippen molar-refractivity contribution in [3.05, 3.63) is 76.3 Å². The van der Waals surface area contributed by atoms with Gasteiger partial charge in [0.2, 0.25) is 0 Å². The number of halogens is 1. The van der Waals surface area contributed by atoms with Gasteiger partial charge in [0, 0.05) is 4.99 Å². The Kier molecular flexibility index (Phi) is 3.24. The Labute approximate surface area is 124 Å². The summed E-state index contributed by atoms with van der Waals surface area (Å²) >= 11 is 3.25. The number of amides is 2. The molecule has 0 saturated heterocycles. The van der Waals surface area contributed by atoms with Gasteiger partial charge in [0.1, 0.15) is 0 Å². The van der Waals surface area contributed by atoms with E-state index in [1.54, 1.807) is 29.3 Å². The first-order chi connectivity index (χ1) is 9.74. The monoisotopic (exact) mass is 327 g/mol. The van der Waals surface area contributed by atoms with Crippen LogP contribution < -0.4 is 0 Å². The third kappa shape index (κ3) is 1.89. The number of nitrogens with zero attached hydrogens (tertiary/aromatic N) is 1. The molecule has 2 aromatic carbocycles. The molecule has 0 atom stereocenters. The molecule has 2 aromatic rings. The third-order valence-electron chi connectivity index (χ3n) is 3.21. The van der Waals surface area contributed by atoms with Gasteiger partial charge in [-0.25, -0.2) is 4.90 Å². The van der Waals surface area contributed by atoms with Gasteiger partial charge in [-0.15, -0.1) is 0 Å². The predicted molar refractivity (Wildman–Crippen MR) is 80.3 cm³/mol. The fourth-order valence-corrected chi connectivity index (χ4v) is 2.73. The maximum Gasteiger partial charge on any atom is 0.266 e. The molecule has 0 radical (unpaired) electrons. The Bertz CT molecular complexity index is 687. The summed E-state index contributed by atoms with van der Waals surface area (Å²) < 4.78 is 0. The average Bonchev–Trinajstić information content (AvgIpc) is 2.75. The summed E-state index contributed by atoms with van der Waals surface area (Å²) in [5.74, 6) is -0.583. The Morgan fingerprint density at radius 1 is 0.850 bits per heavy atom. The average molecular weight is 328 g/mol. The number of fused-ring (bicyclic) bond motifs is 1. The molecule has 0 aliphatic carbocycles. The van der Waals surface area contributed by atoms with Gasteiger partial charge >= 0.3 is 0 Å². The molecule has 1 aliphatic rings. The molecular formula is C16H10BrNO2. The molecular weight excluding hydrogens is 318 g/mol. The van der Waals surface area contributed by atoms with Crippen molar-refractivity contribution < 1.29 is 9.59 Å². The lowest BCUT2D eigenvalue weighted by molar-refractivity contribution is 0.0736. The standard InChI is InChI=1S/C16H10BrNO2/c17-10-14(11-6-2-1-3-7-11)18-15(19)12-8-4-5-9-13(12)16(18)20/h1-10H/b14-10-. The van der Waals surface area contributed by atoms with E-state index in [4.69, 9.17) is 0 Å². The molecule has 20 heavy (non-hydrogen) atoms. The number of benzene rings is 2. The maximum absolute atomic E-state index is 12.4. The van der Waals surface area contributed by atoms with E-state index >= 15 is 0 Å². The third-order valence-corrected chi connectivity index (χ3v) is 3.64. The van der Waals surface area contributed by atoms with Gasteiger partial charge in [-0.1, -0.05) is 58.4 Å². The Morgan fingerprint density at radius 2 is 1.35 bits per heavy atom. The lowest BCUT2D eigenvalue weighted by Crippen LogP contribution is -2.27. The minimum Gasteiger partial charge on any atom is -0.268 e. The zero-order valence-corrected chi connectivity index (χ0v) is 12.0. The van der Waals surface area contributed by atoms with E-state index in [9.17, 15) is 9.59 Å². The highest BCUT2D eigenvalue weighted by molar-refractivity contribution is 9.11. The van der Waals surface area contributed by atoms with Crippen LogP contribution in [0.2, 0.25) is 0 Å². The molecule has 0 N–H and O–H groups in total. The van der Waals surface area contributed by atoms with Gasteiger partial charge in [0.15, 0.2) is 0 Å². The van der Waals surface area contributed by atoms with Gasteiger partial charge in [0.25, 0.3) is 11.8 Å². The van der Waals surface area contributed by atoms with Crippen LogP contribution in [0, 0.1) is 0 Å². The first kappa shape index (κ1) is 12.8. The molecule has 0 aromatic heterocycles. The van der Waals surface area contributed by atoms with Crippen LogP contribution in [-0.2, 0) is 0 Å². The molecule has 3 nitrogen and oxygen atoms in total. The number of hydrogen-bond acceptors (Lipinski definition) is 2. The van der Waals surface area contributed by atoms with Crippen LogP contribution in [0.4, 0.5) is 0 Å². The van der Waals surface area contributed by atoms with Crippen molar-refractivity contribution in [1.29, 1.82) is 0 Å². The van der Waals surface area contributed by atoms with Crippen LogP contribution in [0.5, 0.6) is 0 Å². The van der Waals surface area contributed by atoms with Crippen LogP contribution in [0.25, 0.3) is 5.70 Å². The maximum atomic E-state index is 12.4. The highest BCUT2D eigenvalue weighted by atomic mass is 79.9. The second-order valence-electron chi connectivity index (χ2n) is 4.35. The van der Waals surface area contributed by atoms with Crippen LogP contribution in [0.15, 0.2) is 59.6 Å². The molecule has 4 heteroatoms. The van der Waals surface area contributed by atoms with E-state index in [0.717, 1.165) is 5.56 Å². The molecule has 3 rings (SSSR count). The summed E-state index contributed by atoms with van der Waals surface area (Å²) in [6.45, 7) is 0. The highest BCUT2D eigenvalue weighted by Crippen LogP contribution is 2.31. The highest BCUT2D eigenvalue weighted by Gasteiger charge is 2.37. The van der Waals surface area contributed by atoms with Crippen LogP contribution in [0.1, 0.15) is 26.3 Å². The summed E-state index contributed by atoms with van der Waals surface area (Å²) in [6.07, 6.45) is 0. The lowest BCUT2D eigenvalue weighted by atomic mass is 10.1. The molecule has 98 valence electrons. The van der Waals surface area contributed by atoms with Crippen LogP contribution >= 0.6 is 15.9 Å². The first-order valence-electron chi connectivity index (χ1n) is 6.07. The summed E-state index contributed by atoms with van der Waals surface area (Å²) in [5.41, 5.74) is 2.23. The van der Waals surface area contributed by atoms with E-state index in [-0.39, 0.29) is 11.8 Å². The van der Waals surface area contributed by atoms with Crippen molar-refractivity contribution in [2.24, 2.45) is 0 Å². The molecule has 1 aliphatic heterocycles. The van der Waals surface area contributed by atoms with E-state index in [2.05, 4.69) is 15.9 Å². The van der Waals surface area contributed by atoms with Crippen LogP contribution in [0.3, 0.4) is 0 Å². The first-order valence-corrected chi connectivity index (χ1v) is 6.99. The van der Waals surface area contributed by atoms with E-state index in [1.165, 1.54) is 4.90 Å². The van der Waals surface area contributed by atoms with Gasteiger partial charge in [-0.05, 0) is 17.7 Å². The van der Waals surface area contributed by atoms with Gasteiger partial charge < -0.3 is 0 Å². The van der Waals surface area contributed by atoms with Crippen molar-refractivity contribution in [2.75, 3.05) is 0 Å². The summed E-state index contributed by atoms with van der Waals surface area (Å²) in [6, 6.07) is 16.2. The van der Waals surface area contributed by atoms with Gasteiger partial charge in [0.05, 0.1) is 16.8 Å². The lowest BCUT2D eigenvalue weighted by Gasteiger charge is -2.17. The van der Waals surface area contributed by atoms with Crippen molar-refractivity contribution in [3.8, 4) is 0 Å². The normalized spacial score (nSPS) is 14.7. The van der Waals surface area contributed by atoms with Crippen molar-refractivity contribution in [1.82, 2.24) is 4.90 Å². The molecule has 0 fully saturated rings. The zero-order valence-electron chi connectivity index (χ0n) is 10.4. The van der Waals surface area contributed by atoms with E-state index in [0.29, 0.717) is 16.8 Å². The molecule has 1 heterocycles. The SMILES string of the molecule is O=C1c2ccccc2C(=O)N1/C(=C\Br)c1ccccc1. The minimum atomic E-state index is -0.292. The molecule has 0 spiro atoms. The number of rotatable bonds is 2. The summed E-state index contributed by atoms with van der Waals surface area (Å²) in [4.78, 5) is 27.7. The van der Waals surface area contributed by atoms with E-state index < -0.39 is 0 Å². The minimum absolute atomic E-state index is 0.292. The Hall–Kier alpha value is -2.20. The predicted octanol–water partition coefficient (Wildman–Crippen LogP) is 3.68. The quantitative estimate of drug-likeness (QED) is 0.789. The smallest absolute Gasteiger partial charge is 0.266 e. The number of carbonyl (C=O) groups excluding carboxylic acids is 2. The number of carbonyl (C=O) groups is 2. The zero-order chi connectivity index (χ0) is 14.1. The van der Waals surface area contributed by atoms with Crippen molar-refractivity contribution >= 4 is 33.4 Å². The number of hydrogen-bond donors (Lipinski definition) is 0. The fourth-order valence-electron chi connectivity index (χ4n) is 2.26. The second-order valence-corrected chi connectivity index (χ2v) is 4.81. The molecule has 2 amide bonds. The van der Waals surface area contributed by atoms with Crippen molar-refractivity contribution in [3.63, 3.8) is 0 Å². The summed E-state index contributed by atoms with van der Waals surface area (Å²) in [5, 5.41) is 0. The van der Waals surface area contributed by atoms with Crippen LogP contribution in [-0.4, -0.2) is 16.7 Å². The number of imide groups is 1. The molecule has 0 saturated carbocycles. The second kappa shape index (κ2) is 5.06. The molecule has 0 bridgehead atoms. The molecule has 0 unspecified atom stereocenters. The Balaban J connectivity index is 2.09. The Morgan fingerprint density at radius 3 is 1.85 bits per heavy atom. The largest absolute Gasteiger partial charge is 0.268 e.